The summed E-state index contributed by atoms with van der Waals surface area (Å²) in [7, 11) is 1.25. The van der Waals surface area contributed by atoms with Crippen LogP contribution in [0.15, 0.2) is 104 Å². The molecule has 6 aromatic rings. The molecule has 0 spiro atoms. The minimum atomic E-state index is -1.74. The number of aliphatic hydroxyl groups is 2. The molecule has 0 saturated heterocycles. The maximum Gasteiger partial charge on any atom is 0.278 e. The molecule has 462 valence electrons. The van der Waals surface area contributed by atoms with Crippen molar-refractivity contribution in [3.63, 3.8) is 0 Å². The summed E-state index contributed by atoms with van der Waals surface area (Å²) in [5.74, 6) is -11.0. The van der Waals surface area contributed by atoms with E-state index < -0.39 is 112 Å². The zero-order chi connectivity index (χ0) is 65.5. The normalized spacial score (nSPS) is 17.0. The van der Waals surface area contributed by atoms with E-state index in [4.69, 9.17) is 23.7 Å². The highest BCUT2D eigenvalue weighted by Gasteiger charge is 2.33. The molecule has 10 amide bonds. The fraction of sp³-hybridized carbons (Fsp3) is 0.200. The number of carbonyl (C=O) groups is 10. The number of ether oxygens (including phenoxy) is 1. The van der Waals surface area contributed by atoms with Crippen molar-refractivity contribution in [3.8, 4) is 22.0 Å². The van der Waals surface area contributed by atoms with Crippen LogP contribution in [0.25, 0.3) is 39.1 Å². The first kappa shape index (κ1) is 65.3. The lowest BCUT2D eigenvalue weighted by Gasteiger charge is -2.21. The van der Waals surface area contributed by atoms with Gasteiger partial charge in [0, 0.05) is 23.4 Å². The fourth-order valence-electron chi connectivity index (χ4n) is 7.55. The molecule has 1 aliphatic rings. The number of oxazole rings is 3. The van der Waals surface area contributed by atoms with Crippen molar-refractivity contribution in [1.29, 1.82) is 0 Å². The number of hydrogen-bond acceptors (Lipinski definition) is 24. The molecule has 0 radical (unpaired) electrons. The molecule has 7 rings (SSSR count). The van der Waals surface area contributed by atoms with E-state index in [1.54, 1.807) is 6.92 Å². The number of amides is 10. The molecule has 7 heterocycles. The highest BCUT2D eigenvalue weighted by molar-refractivity contribution is 7.13. The van der Waals surface area contributed by atoms with Gasteiger partial charge < -0.3 is 81.8 Å². The zero-order valence-corrected chi connectivity index (χ0v) is 49.6. The molecule has 89 heavy (non-hydrogen) atoms. The minimum absolute atomic E-state index is 0.00301. The molecule has 10 bridgehead atoms. The van der Waals surface area contributed by atoms with Crippen molar-refractivity contribution >= 4 is 98.8 Å². The number of aromatic nitrogens is 6. The van der Waals surface area contributed by atoms with Gasteiger partial charge in [0.1, 0.15) is 73.2 Å². The Morgan fingerprint density at radius 3 is 1.83 bits per heavy atom. The van der Waals surface area contributed by atoms with Gasteiger partial charge in [0.15, 0.2) is 17.6 Å². The largest absolute Gasteiger partial charge is 0.440 e. The monoisotopic (exact) mass is 1260 g/mol. The molecule has 32 nitrogen and oxygen atoms in total. The number of carbonyl (C=O) groups excluding carboxylic acids is 10. The number of nitrogens with zero attached hydrogens (tertiary/aromatic N) is 6. The van der Waals surface area contributed by atoms with Crippen molar-refractivity contribution in [2.45, 2.75) is 66.0 Å². The summed E-state index contributed by atoms with van der Waals surface area (Å²) in [5.41, 5.74) is 0.606. The molecule has 6 aromatic heterocycles. The van der Waals surface area contributed by atoms with Crippen molar-refractivity contribution in [1.82, 2.24) is 77.8 Å². The fourth-order valence-corrected chi connectivity index (χ4v) is 9.19. The first-order valence-corrected chi connectivity index (χ1v) is 27.4. The van der Waals surface area contributed by atoms with Gasteiger partial charge in [0.2, 0.25) is 23.6 Å². The van der Waals surface area contributed by atoms with Gasteiger partial charge in [-0.3, -0.25) is 47.9 Å². The molecule has 1 aliphatic heterocycles. The van der Waals surface area contributed by atoms with E-state index in [2.05, 4.69) is 105 Å². The predicted molar refractivity (Wildman–Crippen MR) is 313 cm³/mol. The molecule has 34 heteroatoms. The first-order valence-electron chi connectivity index (χ1n) is 25.7. The van der Waals surface area contributed by atoms with Gasteiger partial charge in [0.05, 0.1) is 40.7 Å². The van der Waals surface area contributed by atoms with Crippen molar-refractivity contribution in [3.05, 3.63) is 159 Å². The molecule has 0 fully saturated rings. The third-order valence-corrected chi connectivity index (χ3v) is 13.8. The SMILES string of the molecule is C=C(NC(=O)C(=C)NC(=O)C(=C)NC(=O)c1ccc2c(n1)-c1nc(oc1C)C(=C)NC(=O)C(=C)NC(=O)c1nc(oc1C)/C(=C\C)NC(=O)c1csc(n1)C(OC)NC(=O)c1nc(oc1C)/C(=C/C(C)O)NC(=O)C(C(C)O)NC(=O)c1csc-2n1)C(N)=O. The molecule has 0 aliphatic carbocycles. The number of pyridine rings is 1. The summed E-state index contributed by atoms with van der Waals surface area (Å²) in [6, 6.07) is 0.792. The van der Waals surface area contributed by atoms with E-state index in [1.807, 2.05) is 5.32 Å². The summed E-state index contributed by atoms with van der Waals surface area (Å²) < 4.78 is 22.9. The topological polar surface area (TPSA) is 471 Å². The number of thiazole rings is 2. The Bertz CT molecular complexity index is 4080. The average molecular weight is 1260 g/mol. The van der Waals surface area contributed by atoms with Crippen LogP contribution < -0.4 is 53.6 Å². The summed E-state index contributed by atoms with van der Waals surface area (Å²) in [6.45, 7) is 26.0. The minimum Gasteiger partial charge on any atom is -0.440 e. The second-order valence-corrected chi connectivity index (χ2v) is 20.5. The van der Waals surface area contributed by atoms with Gasteiger partial charge in [-0.25, -0.2) is 29.9 Å². The second-order valence-electron chi connectivity index (χ2n) is 18.7. The van der Waals surface area contributed by atoms with Gasteiger partial charge in [-0.05, 0) is 59.8 Å². The smallest absolute Gasteiger partial charge is 0.278 e. The van der Waals surface area contributed by atoms with Crippen LogP contribution >= 0.6 is 22.7 Å². The molecular weight excluding hydrogens is 1200 g/mol. The summed E-state index contributed by atoms with van der Waals surface area (Å²) in [5, 5.41) is 45.4. The number of rotatable bonds is 10. The second kappa shape index (κ2) is 27.4. The highest BCUT2D eigenvalue weighted by Crippen LogP contribution is 2.35. The van der Waals surface area contributed by atoms with Gasteiger partial charge in [0.25, 0.3) is 53.2 Å². The predicted octanol–water partition coefficient (Wildman–Crippen LogP) is 1.43. The number of nitrogens with two attached hydrogens (primary N) is 1. The number of aliphatic hydroxyl groups excluding tert-OH is 2. The van der Waals surface area contributed by atoms with E-state index in [0.29, 0.717) is 0 Å². The first-order chi connectivity index (χ1) is 42.0. The Morgan fingerprint density at radius 2 is 1.21 bits per heavy atom. The van der Waals surface area contributed by atoms with E-state index >= 15 is 0 Å². The molecule has 4 unspecified atom stereocenters. The van der Waals surface area contributed by atoms with Crippen molar-refractivity contribution in [2.24, 2.45) is 5.73 Å². The van der Waals surface area contributed by atoms with Crippen LogP contribution in [0.1, 0.15) is 119 Å². The van der Waals surface area contributed by atoms with Crippen molar-refractivity contribution < 1.29 is 76.1 Å². The lowest BCUT2D eigenvalue weighted by molar-refractivity contribution is -0.124. The van der Waals surface area contributed by atoms with Crippen LogP contribution in [0.2, 0.25) is 0 Å². The number of nitrogens with one attached hydrogen (secondary N) is 9. The average Bonchev–Trinajstić information content (AvgIpc) is 1.77. The summed E-state index contributed by atoms with van der Waals surface area (Å²) in [4.78, 5) is 159. The third-order valence-electron chi connectivity index (χ3n) is 12.0. The van der Waals surface area contributed by atoms with Crippen molar-refractivity contribution in [2.75, 3.05) is 7.11 Å². The maximum absolute atomic E-state index is 14.0. The van der Waals surface area contributed by atoms with Crippen LogP contribution in [0.3, 0.4) is 0 Å². The van der Waals surface area contributed by atoms with Crippen LogP contribution in [0.4, 0.5) is 0 Å². The molecule has 13 N–H and O–H groups in total. The quantitative estimate of drug-likeness (QED) is 0.0863. The third kappa shape index (κ3) is 15.3. The van der Waals surface area contributed by atoms with Gasteiger partial charge in [-0.2, -0.15) is 0 Å². The van der Waals surface area contributed by atoms with E-state index in [9.17, 15) is 58.2 Å². The Hall–Kier alpha value is -11.2. The zero-order valence-electron chi connectivity index (χ0n) is 48.0. The molecule has 0 aromatic carbocycles. The number of fused-ring (bicyclic) bond motifs is 13. The van der Waals surface area contributed by atoms with Gasteiger partial charge in [-0.15, -0.1) is 22.7 Å². The van der Waals surface area contributed by atoms with Crippen LogP contribution in [0.5, 0.6) is 0 Å². The number of hydrogen-bond donors (Lipinski definition) is 12. The summed E-state index contributed by atoms with van der Waals surface area (Å²) >= 11 is 1.81. The molecular formula is C55H54N16O16S2. The van der Waals surface area contributed by atoms with Crippen LogP contribution in [-0.4, -0.2) is 125 Å². The van der Waals surface area contributed by atoms with Crippen LogP contribution in [-0.2, 0) is 28.7 Å². The molecule has 4 atom stereocenters. The van der Waals surface area contributed by atoms with E-state index in [1.165, 1.54) is 70.7 Å². The number of primary amides is 1. The Balaban J connectivity index is 1.25. The van der Waals surface area contributed by atoms with Gasteiger partial charge >= 0.3 is 0 Å². The van der Waals surface area contributed by atoms with E-state index in [-0.39, 0.29) is 102 Å². The number of methoxy groups -OCH3 is 1. The lowest BCUT2D eigenvalue weighted by atomic mass is 10.1. The lowest BCUT2D eigenvalue weighted by Crippen LogP contribution is -2.52. The molecule has 0 saturated carbocycles. The summed E-state index contributed by atoms with van der Waals surface area (Å²) in [6.07, 6.45) is -1.61. The van der Waals surface area contributed by atoms with Gasteiger partial charge in [-0.1, -0.05) is 39.0 Å². The standard InChI is InChI=1S/C55H54N16O16S2/c1-13-30-51-69-37(27(10)86-51)48(82)60-23(6)43(77)61-24(7)50-68-36(26(9)85-50)39-29(14-15-31(62-39)44(78)59-22(5)42(76)58-21(4)41(75)57-20(3)40(56)74)54-65-34(17-88-54)46(80)67-35(25(8)73)47(81)64-32(16-19(2)72)52-70-38(28(11)87-52)49(83)71-53(84-12)55-66-33(18-89-55)45(79)63-30/h13-19,25,35,53,72-73H,3-7H2,1-2,8-12H3,(H2,56,74)(H,57,75)(H,58,76)(H,59,78)(H,60,82)(H,61,77)(H,63,79)(H,64,81)(H,67,80)(H,71,83)/b30-13+,32-16-. The maximum atomic E-state index is 14.0. The van der Waals surface area contributed by atoms with E-state index in [0.717, 1.165) is 28.7 Å². The Labute approximate surface area is 510 Å². The highest BCUT2D eigenvalue weighted by atomic mass is 32.1. The number of allylic oxidation sites excluding steroid dienone is 1. The Morgan fingerprint density at radius 1 is 0.652 bits per heavy atom. The Kier molecular flexibility index (Phi) is 20.2. The van der Waals surface area contributed by atoms with Crippen LogP contribution in [0, 0.1) is 20.8 Å². The number of aryl methyl sites for hydroxylation is 3.